The van der Waals surface area contributed by atoms with Gasteiger partial charge in [0.2, 0.25) is 10.0 Å². The molecule has 3 rings (SSSR count). The van der Waals surface area contributed by atoms with Crippen molar-refractivity contribution in [1.29, 1.82) is 0 Å². The van der Waals surface area contributed by atoms with E-state index in [4.69, 9.17) is 5.14 Å². The fraction of sp³-hybridized carbons (Fsp3) is 0. The van der Waals surface area contributed by atoms with Gasteiger partial charge in [-0.1, -0.05) is 36.4 Å². The SMILES string of the molecule is NS(=O)(=O)c1ccc(N[CH]c2ccc3ccccc3c2)cc1. The predicted molar refractivity (Wildman–Crippen MR) is 88.8 cm³/mol. The summed E-state index contributed by atoms with van der Waals surface area (Å²) in [6.45, 7) is 1.87. The molecule has 5 heteroatoms. The van der Waals surface area contributed by atoms with Gasteiger partial charge in [0, 0.05) is 5.69 Å². The van der Waals surface area contributed by atoms with Crippen LogP contribution in [0.2, 0.25) is 0 Å². The highest BCUT2D eigenvalue weighted by molar-refractivity contribution is 7.89. The van der Waals surface area contributed by atoms with Crippen LogP contribution in [0.4, 0.5) is 5.69 Å². The molecule has 0 fully saturated rings. The van der Waals surface area contributed by atoms with Gasteiger partial charge in [-0.3, -0.25) is 0 Å². The van der Waals surface area contributed by atoms with E-state index in [2.05, 4.69) is 29.6 Å². The lowest BCUT2D eigenvalue weighted by Gasteiger charge is -2.07. The van der Waals surface area contributed by atoms with Gasteiger partial charge in [0.05, 0.1) is 11.4 Å². The fourth-order valence-electron chi connectivity index (χ4n) is 2.21. The van der Waals surface area contributed by atoms with Crippen LogP contribution in [0.1, 0.15) is 5.56 Å². The maximum absolute atomic E-state index is 11.2. The minimum absolute atomic E-state index is 0.101. The molecule has 0 saturated carbocycles. The van der Waals surface area contributed by atoms with Crippen molar-refractivity contribution in [3.05, 3.63) is 78.8 Å². The third kappa shape index (κ3) is 3.27. The number of primary sulfonamides is 1. The average Bonchev–Trinajstić information content (AvgIpc) is 2.52. The van der Waals surface area contributed by atoms with E-state index >= 15 is 0 Å². The van der Waals surface area contributed by atoms with Crippen LogP contribution < -0.4 is 10.5 Å². The molecule has 0 aromatic heterocycles. The smallest absolute Gasteiger partial charge is 0.238 e. The van der Waals surface area contributed by atoms with Crippen molar-refractivity contribution in [3.63, 3.8) is 0 Å². The van der Waals surface area contributed by atoms with Crippen LogP contribution in [0.3, 0.4) is 0 Å². The van der Waals surface area contributed by atoms with Crippen LogP contribution in [0, 0.1) is 6.54 Å². The predicted octanol–water partition coefficient (Wildman–Crippen LogP) is 3.11. The number of anilines is 1. The molecule has 3 aromatic carbocycles. The molecule has 111 valence electrons. The first-order chi connectivity index (χ1) is 10.5. The number of nitrogens with one attached hydrogen (secondary N) is 1. The number of hydrogen-bond acceptors (Lipinski definition) is 3. The molecule has 0 atom stereocenters. The molecule has 0 aliphatic carbocycles. The van der Waals surface area contributed by atoms with Crippen molar-refractivity contribution < 1.29 is 8.42 Å². The van der Waals surface area contributed by atoms with Gasteiger partial charge >= 0.3 is 0 Å². The van der Waals surface area contributed by atoms with Crippen molar-refractivity contribution in [3.8, 4) is 0 Å². The Morgan fingerprint density at radius 2 is 1.55 bits per heavy atom. The Bertz CT molecular complexity index is 903. The zero-order valence-electron chi connectivity index (χ0n) is 11.7. The summed E-state index contributed by atoms with van der Waals surface area (Å²) in [5.41, 5.74) is 1.83. The quantitative estimate of drug-likeness (QED) is 0.777. The Kier molecular flexibility index (Phi) is 3.83. The van der Waals surface area contributed by atoms with Gasteiger partial charge in [-0.2, -0.15) is 0 Å². The monoisotopic (exact) mass is 311 g/mol. The maximum Gasteiger partial charge on any atom is 0.238 e. The van der Waals surface area contributed by atoms with Crippen LogP contribution >= 0.6 is 0 Å². The van der Waals surface area contributed by atoms with Gasteiger partial charge in [0.15, 0.2) is 0 Å². The lowest BCUT2D eigenvalue weighted by Crippen LogP contribution is -2.11. The van der Waals surface area contributed by atoms with E-state index in [9.17, 15) is 8.42 Å². The molecule has 0 aliphatic rings. The van der Waals surface area contributed by atoms with E-state index in [0.29, 0.717) is 0 Å². The standard InChI is InChI=1S/C17H15N2O2S/c18-22(20,21)17-9-7-16(8-10-17)19-12-13-5-6-14-3-1-2-4-15(14)11-13/h1-12,19H,(H2,18,20,21). The van der Waals surface area contributed by atoms with Gasteiger partial charge < -0.3 is 5.32 Å². The van der Waals surface area contributed by atoms with Crippen molar-refractivity contribution in [1.82, 2.24) is 0 Å². The second-order valence-corrected chi connectivity index (χ2v) is 6.53. The molecule has 0 amide bonds. The van der Waals surface area contributed by atoms with E-state index in [-0.39, 0.29) is 4.90 Å². The number of benzene rings is 3. The normalized spacial score (nSPS) is 11.5. The largest absolute Gasteiger partial charge is 0.376 e. The molecule has 0 aliphatic heterocycles. The molecule has 3 aromatic rings. The summed E-state index contributed by atoms with van der Waals surface area (Å²) >= 11 is 0. The lowest BCUT2D eigenvalue weighted by atomic mass is 10.1. The summed E-state index contributed by atoms with van der Waals surface area (Å²) in [5.74, 6) is 0. The van der Waals surface area contributed by atoms with Crippen LogP contribution in [0.5, 0.6) is 0 Å². The van der Waals surface area contributed by atoms with Gasteiger partial charge in [0.25, 0.3) is 0 Å². The average molecular weight is 311 g/mol. The summed E-state index contributed by atoms with van der Waals surface area (Å²) in [5, 5.41) is 10.6. The first kappa shape index (κ1) is 14.6. The molecular weight excluding hydrogens is 296 g/mol. The highest BCUT2D eigenvalue weighted by Crippen LogP contribution is 2.18. The van der Waals surface area contributed by atoms with E-state index in [0.717, 1.165) is 11.3 Å². The van der Waals surface area contributed by atoms with Gasteiger partial charge in [-0.15, -0.1) is 0 Å². The zero-order chi connectivity index (χ0) is 15.6. The Hall–Kier alpha value is -2.37. The number of fused-ring (bicyclic) bond motifs is 1. The van der Waals surface area contributed by atoms with Crippen LogP contribution in [-0.4, -0.2) is 8.42 Å². The van der Waals surface area contributed by atoms with E-state index in [1.807, 2.05) is 24.7 Å². The number of sulfonamides is 1. The van der Waals surface area contributed by atoms with Gasteiger partial charge in [-0.25, -0.2) is 13.6 Å². The van der Waals surface area contributed by atoms with Crippen LogP contribution in [-0.2, 0) is 10.0 Å². The van der Waals surface area contributed by atoms with Crippen LogP contribution in [0.25, 0.3) is 10.8 Å². The van der Waals surface area contributed by atoms with Crippen LogP contribution in [0.15, 0.2) is 71.6 Å². The third-order valence-corrected chi connectivity index (χ3v) is 4.29. The van der Waals surface area contributed by atoms with Gasteiger partial charge in [0.1, 0.15) is 0 Å². The summed E-state index contributed by atoms with van der Waals surface area (Å²) < 4.78 is 22.4. The molecule has 0 spiro atoms. The summed E-state index contributed by atoms with van der Waals surface area (Å²) in [7, 11) is -3.65. The van der Waals surface area contributed by atoms with Crippen molar-refractivity contribution in [2.24, 2.45) is 5.14 Å². The van der Waals surface area contributed by atoms with Crippen molar-refractivity contribution in [2.45, 2.75) is 4.90 Å². The molecule has 0 unspecified atom stereocenters. The minimum atomic E-state index is -3.65. The molecule has 1 radical (unpaired) electrons. The van der Waals surface area contributed by atoms with Gasteiger partial charge in [-0.05, 0) is 46.7 Å². The maximum atomic E-state index is 11.2. The zero-order valence-corrected chi connectivity index (χ0v) is 12.5. The highest BCUT2D eigenvalue weighted by atomic mass is 32.2. The second-order valence-electron chi connectivity index (χ2n) is 4.96. The number of nitrogens with two attached hydrogens (primary N) is 1. The molecule has 4 nitrogen and oxygen atoms in total. The Morgan fingerprint density at radius 1 is 0.864 bits per heavy atom. The van der Waals surface area contributed by atoms with Crippen molar-refractivity contribution >= 4 is 26.5 Å². The lowest BCUT2D eigenvalue weighted by molar-refractivity contribution is 0.598. The Balaban J connectivity index is 1.73. The number of hydrogen-bond donors (Lipinski definition) is 2. The highest BCUT2D eigenvalue weighted by Gasteiger charge is 2.06. The second kappa shape index (κ2) is 5.79. The molecule has 0 bridgehead atoms. The Labute approximate surface area is 129 Å². The molecule has 0 heterocycles. The van der Waals surface area contributed by atoms with E-state index < -0.39 is 10.0 Å². The minimum Gasteiger partial charge on any atom is -0.376 e. The first-order valence-electron chi connectivity index (χ1n) is 6.74. The summed E-state index contributed by atoms with van der Waals surface area (Å²) in [6.07, 6.45) is 0. The Morgan fingerprint density at radius 3 is 2.23 bits per heavy atom. The van der Waals surface area contributed by atoms with E-state index in [1.165, 1.54) is 22.9 Å². The van der Waals surface area contributed by atoms with E-state index in [1.54, 1.807) is 12.1 Å². The summed E-state index contributed by atoms with van der Waals surface area (Å²) in [4.78, 5) is 0.101. The topological polar surface area (TPSA) is 72.2 Å². The molecule has 3 N–H and O–H groups in total. The third-order valence-electron chi connectivity index (χ3n) is 3.36. The molecule has 0 saturated heterocycles. The fourth-order valence-corrected chi connectivity index (χ4v) is 2.72. The number of rotatable bonds is 4. The first-order valence-corrected chi connectivity index (χ1v) is 8.28. The molecular formula is C17H15N2O2S. The molecule has 22 heavy (non-hydrogen) atoms. The van der Waals surface area contributed by atoms with Crippen molar-refractivity contribution in [2.75, 3.05) is 5.32 Å². The summed E-state index contributed by atoms with van der Waals surface area (Å²) in [6, 6.07) is 20.6.